The molecule has 24 heavy (non-hydrogen) atoms. The van der Waals surface area contributed by atoms with Gasteiger partial charge in [0, 0.05) is 11.8 Å². The molecule has 0 saturated heterocycles. The summed E-state index contributed by atoms with van der Waals surface area (Å²) in [5, 5.41) is 3.09. The lowest BCUT2D eigenvalue weighted by Gasteiger charge is -2.05. The second-order valence-corrected chi connectivity index (χ2v) is 6.14. The zero-order valence-corrected chi connectivity index (χ0v) is 14.1. The Morgan fingerprint density at radius 3 is 2.54 bits per heavy atom. The molecule has 3 aromatic rings. The van der Waals surface area contributed by atoms with E-state index in [2.05, 4.69) is 21.9 Å². The van der Waals surface area contributed by atoms with Crippen molar-refractivity contribution in [3.8, 4) is 5.75 Å². The monoisotopic (exact) mass is 339 g/mol. The van der Waals surface area contributed by atoms with Crippen molar-refractivity contribution in [2.75, 3.05) is 7.11 Å². The minimum absolute atomic E-state index is 0.355. The van der Waals surface area contributed by atoms with Gasteiger partial charge in [0.25, 0.3) is 0 Å². The van der Waals surface area contributed by atoms with E-state index in [4.69, 9.17) is 4.74 Å². The third-order valence-corrected chi connectivity index (χ3v) is 4.36. The standard InChI is InChI=1S/C19H17NO3S/c1-22-19(21)15-7-9-17(10-8-15)23-12-16-13-24-18(20-16)11-14-5-3-2-4-6-14/h2-10,13H,11-12H2,1H3. The van der Waals surface area contributed by atoms with Crippen LogP contribution in [-0.2, 0) is 17.8 Å². The van der Waals surface area contributed by atoms with Crippen LogP contribution in [0.2, 0.25) is 0 Å². The van der Waals surface area contributed by atoms with E-state index in [1.807, 2.05) is 23.6 Å². The van der Waals surface area contributed by atoms with Crippen LogP contribution in [0.5, 0.6) is 5.75 Å². The molecule has 0 fully saturated rings. The number of methoxy groups -OCH3 is 1. The zero-order valence-electron chi connectivity index (χ0n) is 13.3. The van der Waals surface area contributed by atoms with Gasteiger partial charge in [0.2, 0.25) is 0 Å². The van der Waals surface area contributed by atoms with Crippen LogP contribution in [-0.4, -0.2) is 18.1 Å². The number of carbonyl (C=O) groups excluding carboxylic acids is 1. The normalized spacial score (nSPS) is 10.4. The van der Waals surface area contributed by atoms with Gasteiger partial charge >= 0.3 is 5.97 Å². The largest absolute Gasteiger partial charge is 0.487 e. The first kappa shape index (κ1) is 16.2. The van der Waals surface area contributed by atoms with Gasteiger partial charge in [-0.05, 0) is 29.8 Å². The van der Waals surface area contributed by atoms with E-state index >= 15 is 0 Å². The number of carbonyl (C=O) groups is 1. The van der Waals surface area contributed by atoms with E-state index in [0.717, 1.165) is 17.1 Å². The van der Waals surface area contributed by atoms with E-state index in [1.54, 1.807) is 35.6 Å². The molecule has 0 bridgehead atoms. The summed E-state index contributed by atoms with van der Waals surface area (Å²) in [5.41, 5.74) is 2.66. The number of nitrogens with zero attached hydrogens (tertiary/aromatic N) is 1. The summed E-state index contributed by atoms with van der Waals surface area (Å²) in [6.45, 7) is 0.406. The lowest BCUT2D eigenvalue weighted by atomic mass is 10.2. The molecule has 0 unspecified atom stereocenters. The Morgan fingerprint density at radius 2 is 1.83 bits per heavy atom. The highest BCUT2D eigenvalue weighted by atomic mass is 32.1. The van der Waals surface area contributed by atoms with Gasteiger partial charge in [0.1, 0.15) is 12.4 Å². The van der Waals surface area contributed by atoms with Crippen LogP contribution in [0.4, 0.5) is 0 Å². The Bertz CT molecular complexity index is 797. The average molecular weight is 339 g/mol. The molecule has 0 aliphatic carbocycles. The molecule has 0 radical (unpaired) electrons. The third kappa shape index (κ3) is 4.20. The van der Waals surface area contributed by atoms with Crippen molar-refractivity contribution < 1.29 is 14.3 Å². The van der Waals surface area contributed by atoms with Gasteiger partial charge in [-0.15, -0.1) is 11.3 Å². The number of ether oxygens (including phenoxy) is 2. The molecule has 0 atom stereocenters. The highest BCUT2D eigenvalue weighted by Gasteiger charge is 2.06. The van der Waals surface area contributed by atoms with Gasteiger partial charge < -0.3 is 9.47 Å². The van der Waals surface area contributed by atoms with Crippen molar-refractivity contribution in [3.05, 3.63) is 81.8 Å². The maximum atomic E-state index is 11.4. The van der Waals surface area contributed by atoms with Gasteiger partial charge in [-0.3, -0.25) is 0 Å². The van der Waals surface area contributed by atoms with E-state index < -0.39 is 0 Å². The summed E-state index contributed by atoms with van der Waals surface area (Å²) in [5.74, 6) is 0.340. The Kier molecular flexibility index (Phi) is 5.23. The van der Waals surface area contributed by atoms with Gasteiger partial charge in [0.15, 0.2) is 0 Å². The molecule has 4 nitrogen and oxygen atoms in total. The first-order valence-electron chi connectivity index (χ1n) is 7.53. The van der Waals surface area contributed by atoms with Crippen molar-refractivity contribution in [1.82, 2.24) is 4.98 Å². The van der Waals surface area contributed by atoms with Gasteiger partial charge in [-0.25, -0.2) is 9.78 Å². The van der Waals surface area contributed by atoms with Crippen molar-refractivity contribution in [1.29, 1.82) is 0 Å². The molecular weight excluding hydrogens is 322 g/mol. The highest BCUT2D eigenvalue weighted by molar-refractivity contribution is 7.09. The SMILES string of the molecule is COC(=O)c1ccc(OCc2csc(Cc3ccccc3)n2)cc1. The number of thiazole rings is 1. The molecule has 0 aliphatic rings. The summed E-state index contributed by atoms with van der Waals surface area (Å²) in [4.78, 5) is 16.0. The quantitative estimate of drug-likeness (QED) is 0.635. The van der Waals surface area contributed by atoms with Crippen molar-refractivity contribution in [3.63, 3.8) is 0 Å². The van der Waals surface area contributed by atoms with Crippen LogP contribution in [0.25, 0.3) is 0 Å². The fraction of sp³-hybridized carbons (Fsp3) is 0.158. The fourth-order valence-corrected chi connectivity index (χ4v) is 3.04. The minimum Gasteiger partial charge on any atom is -0.487 e. The Morgan fingerprint density at radius 1 is 1.08 bits per heavy atom. The molecule has 1 heterocycles. The number of benzene rings is 2. The van der Waals surface area contributed by atoms with Crippen LogP contribution in [0.3, 0.4) is 0 Å². The van der Waals surface area contributed by atoms with Crippen LogP contribution >= 0.6 is 11.3 Å². The molecule has 122 valence electrons. The lowest BCUT2D eigenvalue weighted by Crippen LogP contribution is -2.01. The summed E-state index contributed by atoms with van der Waals surface area (Å²) in [7, 11) is 1.36. The number of hydrogen-bond donors (Lipinski definition) is 0. The van der Waals surface area contributed by atoms with Crippen molar-refractivity contribution in [2.24, 2.45) is 0 Å². The molecule has 1 aromatic heterocycles. The average Bonchev–Trinajstić information content (AvgIpc) is 3.08. The Hall–Kier alpha value is -2.66. The van der Waals surface area contributed by atoms with Crippen LogP contribution in [0.15, 0.2) is 60.0 Å². The number of esters is 1. The van der Waals surface area contributed by atoms with Gasteiger partial charge in [-0.2, -0.15) is 0 Å². The molecule has 0 spiro atoms. The second kappa shape index (κ2) is 7.75. The summed E-state index contributed by atoms with van der Waals surface area (Å²) >= 11 is 1.64. The highest BCUT2D eigenvalue weighted by Crippen LogP contribution is 2.18. The molecular formula is C19H17NO3S. The predicted molar refractivity (Wildman–Crippen MR) is 93.5 cm³/mol. The van der Waals surface area contributed by atoms with E-state index in [1.165, 1.54) is 12.7 Å². The van der Waals surface area contributed by atoms with Gasteiger partial charge in [0.05, 0.1) is 23.4 Å². The van der Waals surface area contributed by atoms with Crippen molar-refractivity contribution >= 4 is 17.3 Å². The van der Waals surface area contributed by atoms with E-state index in [0.29, 0.717) is 17.9 Å². The smallest absolute Gasteiger partial charge is 0.337 e. The number of aromatic nitrogens is 1. The molecule has 0 saturated carbocycles. The first-order valence-corrected chi connectivity index (χ1v) is 8.41. The minimum atomic E-state index is -0.355. The molecule has 0 amide bonds. The lowest BCUT2D eigenvalue weighted by molar-refractivity contribution is 0.0600. The topological polar surface area (TPSA) is 48.4 Å². The summed E-state index contributed by atoms with van der Waals surface area (Å²) in [6, 6.07) is 17.1. The molecule has 0 aliphatic heterocycles. The zero-order chi connectivity index (χ0) is 16.8. The van der Waals surface area contributed by atoms with E-state index in [9.17, 15) is 4.79 Å². The maximum Gasteiger partial charge on any atom is 0.337 e. The predicted octanol–water partition coefficient (Wildman–Crippen LogP) is 4.10. The summed E-state index contributed by atoms with van der Waals surface area (Å²) in [6.07, 6.45) is 0.833. The third-order valence-electron chi connectivity index (χ3n) is 3.46. The maximum absolute atomic E-state index is 11.4. The van der Waals surface area contributed by atoms with Gasteiger partial charge in [-0.1, -0.05) is 30.3 Å². The van der Waals surface area contributed by atoms with Crippen LogP contribution in [0, 0.1) is 0 Å². The summed E-state index contributed by atoms with van der Waals surface area (Å²) < 4.78 is 10.4. The Balaban J connectivity index is 1.56. The first-order chi connectivity index (χ1) is 11.7. The molecule has 3 rings (SSSR count). The fourth-order valence-electron chi connectivity index (χ4n) is 2.23. The van der Waals surface area contributed by atoms with Crippen LogP contribution in [0.1, 0.15) is 26.6 Å². The van der Waals surface area contributed by atoms with Crippen LogP contribution < -0.4 is 4.74 Å². The number of rotatable bonds is 6. The number of hydrogen-bond acceptors (Lipinski definition) is 5. The molecule has 5 heteroatoms. The molecule has 0 N–H and O–H groups in total. The Labute approximate surface area is 144 Å². The van der Waals surface area contributed by atoms with E-state index in [-0.39, 0.29) is 5.97 Å². The second-order valence-electron chi connectivity index (χ2n) is 5.20. The molecule has 2 aromatic carbocycles. The van der Waals surface area contributed by atoms with Crippen molar-refractivity contribution in [2.45, 2.75) is 13.0 Å².